The summed E-state index contributed by atoms with van der Waals surface area (Å²) in [7, 11) is 0. The van der Waals surface area contributed by atoms with Crippen LogP contribution in [-0.2, 0) is 4.74 Å². The Morgan fingerprint density at radius 2 is 1.54 bits per heavy atom. The Bertz CT molecular complexity index is 935. The molecule has 3 heteroatoms. The predicted molar refractivity (Wildman–Crippen MR) is 105 cm³/mol. The topological polar surface area (TPSA) is 29.5 Å². The Kier molecular flexibility index (Phi) is 4.80. The van der Waals surface area contributed by atoms with E-state index in [-0.39, 0.29) is 5.78 Å². The number of ether oxygens (including phenoxy) is 1. The van der Waals surface area contributed by atoms with Crippen molar-refractivity contribution >= 4 is 22.6 Å². The maximum Gasteiger partial charge on any atom is 0.209 e. The zero-order chi connectivity index (χ0) is 17.8. The molecule has 3 aromatic carbocycles. The zero-order valence-corrected chi connectivity index (χ0v) is 14.6. The Hall–Kier alpha value is -2.91. The van der Waals surface area contributed by atoms with Gasteiger partial charge in [0.25, 0.3) is 0 Å². The van der Waals surface area contributed by atoms with E-state index in [1.807, 2.05) is 78.9 Å². The highest BCUT2D eigenvalue weighted by molar-refractivity contribution is 6.17. The van der Waals surface area contributed by atoms with Crippen molar-refractivity contribution in [1.82, 2.24) is 4.90 Å². The third-order valence-corrected chi connectivity index (χ3v) is 4.72. The molecule has 26 heavy (non-hydrogen) atoms. The van der Waals surface area contributed by atoms with Crippen LogP contribution in [-0.4, -0.2) is 37.0 Å². The molecular weight excluding hydrogens is 322 g/mol. The molecule has 0 bridgehead atoms. The highest BCUT2D eigenvalue weighted by atomic mass is 16.5. The summed E-state index contributed by atoms with van der Waals surface area (Å²) >= 11 is 0. The fourth-order valence-corrected chi connectivity index (χ4v) is 3.37. The van der Waals surface area contributed by atoms with Gasteiger partial charge in [0.2, 0.25) is 5.78 Å². The number of hydrogen-bond donors (Lipinski definition) is 0. The summed E-state index contributed by atoms with van der Waals surface area (Å²) in [6, 6.07) is 24.0. The largest absolute Gasteiger partial charge is 0.378 e. The van der Waals surface area contributed by atoms with Crippen molar-refractivity contribution < 1.29 is 9.53 Å². The number of nitrogens with zero attached hydrogens (tertiary/aromatic N) is 1. The maximum absolute atomic E-state index is 13.5. The van der Waals surface area contributed by atoms with Gasteiger partial charge in [0.1, 0.15) is 0 Å². The number of hydrogen-bond acceptors (Lipinski definition) is 3. The molecule has 1 fully saturated rings. The van der Waals surface area contributed by atoms with Crippen molar-refractivity contribution in [2.75, 3.05) is 26.3 Å². The molecule has 1 aliphatic rings. The van der Waals surface area contributed by atoms with Gasteiger partial charge in [-0.2, -0.15) is 0 Å². The van der Waals surface area contributed by atoms with Gasteiger partial charge in [-0.3, -0.25) is 4.79 Å². The van der Waals surface area contributed by atoms with E-state index in [0.29, 0.717) is 13.2 Å². The first-order valence-electron chi connectivity index (χ1n) is 8.95. The monoisotopic (exact) mass is 343 g/mol. The summed E-state index contributed by atoms with van der Waals surface area (Å²) in [4.78, 5) is 15.7. The number of Topliss-reactive ketones (excluding diaryl/α,β-unsaturated/α-hetero) is 1. The second-order valence-electron chi connectivity index (χ2n) is 6.40. The Labute approximate surface area is 153 Å². The Balaban J connectivity index is 1.80. The summed E-state index contributed by atoms with van der Waals surface area (Å²) in [5.74, 6) is 0.0625. The zero-order valence-electron chi connectivity index (χ0n) is 14.6. The predicted octanol–water partition coefficient (Wildman–Crippen LogP) is 4.40. The molecule has 0 radical (unpaired) electrons. The molecule has 1 aliphatic heterocycles. The average molecular weight is 343 g/mol. The maximum atomic E-state index is 13.5. The van der Waals surface area contributed by atoms with Crippen LogP contribution < -0.4 is 0 Å². The number of carbonyl (C=O) groups is 1. The minimum atomic E-state index is 0.0625. The molecule has 0 atom stereocenters. The van der Waals surface area contributed by atoms with Gasteiger partial charge >= 0.3 is 0 Å². The highest BCUT2D eigenvalue weighted by Gasteiger charge is 2.22. The summed E-state index contributed by atoms with van der Waals surface area (Å²) in [5.41, 5.74) is 2.51. The summed E-state index contributed by atoms with van der Waals surface area (Å²) in [6.45, 7) is 2.76. The molecule has 0 aromatic heterocycles. The van der Waals surface area contributed by atoms with Crippen LogP contribution in [0.3, 0.4) is 0 Å². The quantitative estimate of drug-likeness (QED) is 0.519. The molecule has 0 amide bonds. The van der Waals surface area contributed by atoms with Gasteiger partial charge < -0.3 is 9.64 Å². The lowest BCUT2D eigenvalue weighted by atomic mass is 9.98. The minimum absolute atomic E-state index is 0.0625. The number of allylic oxidation sites excluding steroid dienone is 1. The number of ketones is 1. The molecule has 1 heterocycles. The minimum Gasteiger partial charge on any atom is -0.378 e. The van der Waals surface area contributed by atoms with Crippen LogP contribution in [0.2, 0.25) is 0 Å². The third-order valence-electron chi connectivity index (χ3n) is 4.72. The molecule has 0 aliphatic carbocycles. The smallest absolute Gasteiger partial charge is 0.209 e. The van der Waals surface area contributed by atoms with Crippen LogP contribution in [0.25, 0.3) is 16.8 Å². The fourth-order valence-electron chi connectivity index (χ4n) is 3.37. The van der Waals surface area contributed by atoms with Crippen molar-refractivity contribution in [1.29, 1.82) is 0 Å². The van der Waals surface area contributed by atoms with Crippen LogP contribution in [0.4, 0.5) is 0 Å². The number of benzene rings is 3. The van der Waals surface area contributed by atoms with E-state index in [1.165, 1.54) is 0 Å². The first-order chi connectivity index (χ1) is 12.8. The number of fused-ring (bicyclic) bond motifs is 1. The highest BCUT2D eigenvalue weighted by Crippen LogP contribution is 2.24. The van der Waals surface area contributed by atoms with Gasteiger partial charge in [-0.1, -0.05) is 72.8 Å². The van der Waals surface area contributed by atoms with Gasteiger partial charge in [-0.25, -0.2) is 0 Å². The summed E-state index contributed by atoms with van der Waals surface area (Å²) < 4.78 is 5.48. The van der Waals surface area contributed by atoms with Crippen LogP contribution >= 0.6 is 0 Å². The summed E-state index contributed by atoms with van der Waals surface area (Å²) in [5, 5.41) is 2.08. The number of morpholine rings is 1. The molecular formula is C23H21NO2. The first kappa shape index (κ1) is 16.6. The molecule has 4 rings (SSSR count). The van der Waals surface area contributed by atoms with Crippen LogP contribution in [0, 0.1) is 0 Å². The summed E-state index contributed by atoms with van der Waals surface area (Å²) in [6.07, 6.45) is 2.00. The number of carbonyl (C=O) groups excluding carboxylic acids is 1. The SMILES string of the molecule is O=C(/C(=C/c1ccccc1)N1CCOCC1)c1cccc2ccccc12. The van der Waals surface area contributed by atoms with Crippen molar-refractivity contribution in [3.8, 4) is 0 Å². The van der Waals surface area contributed by atoms with Crippen molar-refractivity contribution in [2.45, 2.75) is 0 Å². The number of rotatable bonds is 4. The average Bonchev–Trinajstić information content (AvgIpc) is 2.72. The molecule has 0 spiro atoms. The van der Waals surface area contributed by atoms with Crippen molar-refractivity contribution in [3.63, 3.8) is 0 Å². The van der Waals surface area contributed by atoms with Crippen molar-refractivity contribution in [3.05, 3.63) is 89.6 Å². The van der Waals surface area contributed by atoms with Crippen LogP contribution in [0.15, 0.2) is 78.5 Å². The van der Waals surface area contributed by atoms with Gasteiger partial charge in [-0.15, -0.1) is 0 Å². The van der Waals surface area contributed by atoms with Gasteiger partial charge in [-0.05, 0) is 22.4 Å². The van der Waals surface area contributed by atoms with E-state index in [1.54, 1.807) is 0 Å². The molecule has 1 saturated heterocycles. The molecule has 3 nitrogen and oxygen atoms in total. The van der Waals surface area contributed by atoms with E-state index in [4.69, 9.17) is 4.74 Å². The molecule has 0 saturated carbocycles. The van der Waals surface area contributed by atoms with E-state index in [9.17, 15) is 4.79 Å². The fraction of sp³-hybridized carbons (Fsp3) is 0.174. The van der Waals surface area contributed by atoms with E-state index >= 15 is 0 Å². The lowest BCUT2D eigenvalue weighted by Crippen LogP contribution is -2.38. The lowest BCUT2D eigenvalue weighted by Gasteiger charge is -2.30. The molecule has 0 N–H and O–H groups in total. The third kappa shape index (κ3) is 3.39. The first-order valence-corrected chi connectivity index (χ1v) is 8.95. The van der Waals surface area contributed by atoms with Gasteiger partial charge in [0, 0.05) is 18.7 Å². The van der Waals surface area contributed by atoms with Crippen LogP contribution in [0.5, 0.6) is 0 Å². The van der Waals surface area contributed by atoms with E-state index < -0.39 is 0 Å². The normalized spacial score (nSPS) is 15.2. The van der Waals surface area contributed by atoms with Crippen LogP contribution in [0.1, 0.15) is 15.9 Å². The second-order valence-corrected chi connectivity index (χ2v) is 6.40. The van der Waals surface area contributed by atoms with Gasteiger partial charge in [0.15, 0.2) is 0 Å². The second kappa shape index (κ2) is 7.54. The van der Waals surface area contributed by atoms with E-state index in [2.05, 4.69) is 4.90 Å². The Morgan fingerprint density at radius 1 is 0.846 bits per heavy atom. The molecule has 3 aromatic rings. The molecule has 130 valence electrons. The standard InChI is InChI=1S/C23H21NO2/c25-23(21-12-6-10-19-9-4-5-11-20(19)21)22(24-13-15-26-16-14-24)17-18-7-2-1-3-8-18/h1-12,17H,13-16H2/b22-17-. The van der Waals surface area contributed by atoms with Gasteiger partial charge in [0.05, 0.1) is 18.9 Å². The lowest BCUT2D eigenvalue weighted by molar-refractivity contribution is 0.0513. The Morgan fingerprint density at radius 3 is 2.35 bits per heavy atom. The van der Waals surface area contributed by atoms with E-state index in [0.717, 1.165) is 40.7 Å². The molecule has 0 unspecified atom stereocenters. The van der Waals surface area contributed by atoms with Crippen molar-refractivity contribution in [2.24, 2.45) is 0 Å².